The predicted molar refractivity (Wildman–Crippen MR) is 191 cm³/mol. The van der Waals surface area contributed by atoms with E-state index >= 15 is 0 Å². The van der Waals surface area contributed by atoms with Crippen LogP contribution in [-0.4, -0.2) is 26.2 Å². The first-order chi connectivity index (χ1) is 22.4. The molecule has 0 aliphatic rings. The van der Waals surface area contributed by atoms with Crippen LogP contribution < -0.4 is 25.6 Å². The number of rotatable bonds is 13. The van der Waals surface area contributed by atoms with E-state index in [2.05, 4.69) is 61.1 Å². The molecular weight excluding hydrogens is 574 g/mol. The third-order valence-corrected chi connectivity index (χ3v) is 8.51. The van der Waals surface area contributed by atoms with Gasteiger partial charge in [-0.15, -0.1) is 0 Å². The average Bonchev–Trinajstić information content (AvgIpc) is 3.06. The molecule has 7 heteroatoms. The maximum absolute atomic E-state index is 13.0. The first kappa shape index (κ1) is 32.5. The Labute approximate surface area is 270 Å². The largest absolute Gasteiger partial charge is 0.422 e. The van der Waals surface area contributed by atoms with Crippen LogP contribution in [0.3, 0.4) is 0 Å². The number of anilines is 2. The minimum absolute atomic E-state index is 0.371. The average molecular weight is 619 g/mol. The van der Waals surface area contributed by atoms with Crippen molar-refractivity contribution in [2.24, 2.45) is 0 Å². The molecule has 0 aliphatic carbocycles. The van der Waals surface area contributed by atoms with Crippen LogP contribution in [0, 0.1) is 0 Å². The summed E-state index contributed by atoms with van der Waals surface area (Å²) in [5, 5.41) is 1.76. The third-order valence-electron chi connectivity index (χ3n) is 8.51. The molecule has 0 aliphatic heterocycles. The minimum Gasteiger partial charge on any atom is -0.422 e. The number of fused-ring (bicyclic) bond motifs is 2. The zero-order chi connectivity index (χ0) is 32.6. The SMILES string of the molecule is CCCC[n+]1c(/C=C/c2cc3ccc(N(CC)CC)cc3oc2=O)cccc1/C=C/c1cc2ccc(N(CC)CC)cc2oc1=O. The predicted octanol–water partition coefficient (Wildman–Crippen LogP) is 8.02. The molecule has 2 aromatic carbocycles. The second kappa shape index (κ2) is 14.9. The highest BCUT2D eigenvalue weighted by atomic mass is 16.4. The van der Waals surface area contributed by atoms with Crippen molar-refractivity contribution in [2.75, 3.05) is 36.0 Å². The molecule has 0 atom stereocenters. The van der Waals surface area contributed by atoms with Crippen LogP contribution in [0.2, 0.25) is 0 Å². The van der Waals surface area contributed by atoms with Crippen molar-refractivity contribution in [3.05, 3.63) is 110 Å². The van der Waals surface area contributed by atoms with Crippen LogP contribution in [0.5, 0.6) is 0 Å². The lowest BCUT2D eigenvalue weighted by atomic mass is 10.1. The maximum atomic E-state index is 13.0. The van der Waals surface area contributed by atoms with E-state index in [0.717, 1.165) is 79.1 Å². The summed E-state index contributed by atoms with van der Waals surface area (Å²) in [5.74, 6) is 0. The third kappa shape index (κ3) is 7.15. The molecule has 0 radical (unpaired) electrons. The molecular formula is C39H44N3O4+. The van der Waals surface area contributed by atoms with Gasteiger partial charge in [0.25, 0.3) is 0 Å². The first-order valence-electron chi connectivity index (χ1n) is 16.4. The van der Waals surface area contributed by atoms with Gasteiger partial charge in [0.05, 0.1) is 11.1 Å². The number of pyridine rings is 1. The highest BCUT2D eigenvalue weighted by molar-refractivity contribution is 5.84. The van der Waals surface area contributed by atoms with Crippen molar-refractivity contribution >= 4 is 57.6 Å². The van der Waals surface area contributed by atoms with Crippen LogP contribution in [0.15, 0.2) is 85.2 Å². The van der Waals surface area contributed by atoms with E-state index in [1.165, 1.54) is 0 Å². The van der Waals surface area contributed by atoms with E-state index in [0.29, 0.717) is 22.3 Å². The van der Waals surface area contributed by atoms with Gasteiger partial charge in [-0.1, -0.05) is 13.3 Å². The molecule has 0 saturated carbocycles. The summed E-state index contributed by atoms with van der Waals surface area (Å²) < 4.78 is 13.7. The number of hydrogen-bond acceptors (Lipinski definition) is 6. The van der Waals surface area contributed by atoms with Gasteiger partial charge in [-0.05, 0) is 82.3 Å². The summed E-state index contributed by atoms with van der Waals surface area (Å²) in [4.78, 5) is 30.4. The van der Waals surface area contributed by atoms with Crippen LogP contribution in [0.25, 0.3) is 46.2 Å². The van der Waals surface area contributed by atoms with E-state index in [4.69, 9.17) is 8.83 Å². The Morgan fingerprint density at radius 1 is 0.609 bits per heavy atom. The molecule has 5 aromatic rings. The Balaban J connectivity index is 1.46. The Bertz CT molecular complexity index is 1860. The fourth-order valence-electron chi connectivity index (χ4n) is 5.83. The molecule has 0 unspecified atom stereocenters. The van der Waals surface area contributed by atoms with Gasteiger partial charge < -0.3 is 18.6 Å². The lowest BCUT2D eigenvalue weighted by Crippen LogP contribution is -2.40. The van der Waals surface area contributed by atoms with Gasteiger partial charge in [0, 0.05) is 91.2 Å². The molecule has 0 N–H and O–H groups in total. The molecule has 3 aromatic heterocycles. The number of nitrogens with zero attached hydrogens (tertiary/aromatic N) is 3. The van der Waals surface area contributed by atoms with Gasteiger partial charge in [0.2, 0.25) is 11.4 Å². The standard InChI is InChI=1S/C39H44N3O4/c1-6-11-23-42-32(19-17-30-24-28-15-21-34(40(7-2)8-3)26-36(28)45-38(30)43)13-12-14-33(42)20-18-31-25-29-16-22-35(41(9-4)10-5)27-37(29)46-39(31)44/h12-22,24-27H,6-11,23H2,1-5H3/q+1. The molecule has 5 rings (SSSR count). The molecule has 46 heavy (non-hydrogen) atoms. The van der Waals surface area contributed by atoms with Gasteiger partial charge in [-0.25, -0.2) is 9.59 Å². The fourth-order valence-corrected chi connectivity index (χ4v) is 5.83. The van der Waals surface area contributed by atoms with E-state index < -0.39 is 0 Å². The maximum Gasteiger partial charge on any atom is 0.343 e. The van der Waals surface area contributed by atoms with Crippen LogP contribution in [0.4, 0.5) is 11.4 Å². The summed E-state index contributed by atoms with van der Waals surface area (Å²) in [6.07, 6.45) is 9.55. The van der Waals surface area contributed by atoms with Crippen molar-refractivity contribution in [3.63, 3.8) is 0 Å². The number of unbranched alkanes of at least 4 members (excludes halogenated alkanes) is 1. The lowest BCUT2D eigenvalue weighted by Gasteiger charge is -2.20. The van der Waals surface area contributed by atoms with E-state index in [-0.39, 0.29) is 11.3 Å². The van der Waals surface area contributed by atoms with Gasteiger partial charge in [-0.2, -0.15) is 4.57 Å². The van der Waals surface area contributed by atoms with Gasteiger partial charge in [0.1, 0.15) is 17.7 Å². The molecule has 3 heterocycles. The molecule has 0 saturated heterocycles. The van der Waals surface area contributed by atoms with Gasteiger partial charge in [-0.3, -0.25) is 0 Å². The van der Waals surface area contributed by atoms with Crippen molar-refractivity contribution in [2.45, 2.75) is 54.0 Å². The van der Waals surface area contributed by atoms with Gasteiger partial charge >= 0.3 is 11.3 Å². The van der Waals surface area contributed by atoms with Crippen molar-refractivity contribution in [3.8, 4) is 0 Å². The second-order valence-corrected chi connectivity index (χ2v) is 11.3. The molecule has 0 amide bonds. The smallest absolute Gasteiger partial charge is 0.343 e. The highest BCUT2D eigenvalue weighted by Crippen LogP contribution is 2.24. The molecule has 238 valence electrons. The van der Waals surface area contributed by atoms with Crippen molar-refractivity contribution in [1.29, 1.82) is 0 Å². The molecule has 7 nitrogen and oxygen atoms in total. The lowest BCUT2D eigenvalue weighted by molar-refractivity contribution is -0.700. The zero-order valence-corrected chi connectivity index (χ0v) is 27.6. The number of benzene rings is 2. The molecule has 0 bridgehead atoms. The fraction of sp³-hybridized carbons (Fsp3) is 0.308. The Morgan fingerprint density at radius 2 is 1.07 bits per heavy atom. The number of aromatic nitrogens is 1. The Morgan fingerprint density at radius 3 is 1.48 bits per heavy atom. The quantitative estimate of drug-likeness (QED) is 0.0983. The van der Waals surface area contributed by atoms with Crippen LogP contribution >= 0.6 is 0 Å². The van der Waals surface area contributed by atoms with Crippen LogP contribution in [0.1, 0.15) is 70.0 Å². The van der Waals surface area contributed by atoms with E-state index in [1.807, 2.05) is 78.9 Å². The van der Waals surface area contributed by atoms with E-state index in [1.54, 1.807) is 0 Å². The first-order valence-corrected chi connectivity index (χ1v) is 16.4. The highest BCUT2D eigenvalue weighted by Gasteiger charge is 2.14. The summed E-state index contributed by atoms with van der Waals surface area (Å²) >= 11 is 0. The van der Waals surface area contributed by atoms with Crippen molar-refractivity contribution in [1.82, 2.24) is 0 Å². The Hall–Kier alpha value is -4.91. The summed E-state index contributed by atoms with van der Waals surface area (Å²) in [5.41, 5.74) is 5.37. The molecule has 0 fully saturated rings. The topological polar surface area (TPSA) is 70.8 Å². The second-order valence-electron chi connectivity index (χ2n) is 11.3. The summed E-state index contributed by atoms with van der Waals surface area (Å²) in [7, 11) is 0. The van der Waals surface area contributed by atoms with Gasteiger partial charge in [0.15, 0.2) is 0 Å². The van der Waals surface area contributed by atoms with Crippen molar-refractivity contribution < 1.29 is 13.4 Å². The monoisotopic (exact) mass is 618 g/mol. The number of hydrogen-bond donors (Lipinski definition) is 0. The molecule has 0 spiro atoms. The Kier molecular flexibility index (Phi) is 10.5. The minimum atomic E-state index is -0.371. The van der Waals surface area contributed by atoms with Crippen LogP contribution in [-0.2, 0) is 6.54 Å². The van der Waals surface area contributed by atoms with E-state index in [9.17, 15) is 9.59 Å². The summed E-state index contributed by atoms with van der Waals surface area (Å²) in [6, 6.07) is 21.8. The normalized spacial score (nSPS) is 11.8. The summed E-state index contributed by atoms with van der Waals surface area (Å²) in [6.45, 7) is 14.9. The zero-order valence-electron chi connectivity index (χ0n) is 27.6.